The monoisotopic (exact) mass is 650 g/mol. The molecule has 6 rings (SSSR count). The Hall–Kier alpha value is -0.600. The summed E-state index contributed by atoms with van der Waals surface area (Å²) in [5.41, 5.74) is 0. The SMILES string of the molecule is OCC1CCC(OC2CC(OC3CCC(OC4COC(OC5CCCOC5)C(O)C4OC4CCC(CO)O4)OC3)OCC2O)O1. The first kappa shape index (κ1) is 34.3. The van der Waals surface area contributed by atoms with E-state index in [1.807, 2.05) is 0 Å². The van der Waals surface area contributed by atoms with Crippen LogP contribution in [0.1, 0.15) is 57.8 Å². The number of ether oxygens (including phenoxy) is 11. The summed E-state index contributed by atoms with van der Waals surface area (Å²) >= 11 is 0. The minimum Gasteiger partial charge on any atom is -0.394 e. The molecule has 6 aliphatic rings. The molecule has 0 bridgehead atoms. The molecule has 6 saturated heterocycles. The number of aliphatic hydroxyl groups is 4. The third-order valence-electron chi connectivity index (χ3n) is 9.20. The molecule has 15 nitrogen and oxygen atoms in total. The maximum absolute atomic E-state index is 11.3. The molecular weight excluding hydrogens is 600 g/mol. The van der Waals surface area contributed by atoms with Crippen LogP contribution in [-0.2, 0) is 52.1 Å². The molecule has 0 aromatic heterocycles. The lowest BCUT2D eigenvalue weighted by Crippen LogP contribution is -2.58. The topological polar surface area (TPSA) is 182 Å². The molecule has 0 amide bonds. The Morgan fingerprint density at radius 1 is 0.578 bits per heavy atom. The third kappa shape index (κ3) is 9.31. The standard InChI is InChI=1S/C30H50O15/c31-11-17-3-7-25(39-17)43-22-10-27(37-15-21(22)33)41-20-5-6-24(36-14-20)44-23-16-38-30(42-19-2-1-9-35-13-19)28(34)29(23)45-26-8-4-18(12-32)40-26/h17-34H,1-16H2. The van der Waals surface area contributed by atoms with E-state index in [-0.39, 0.29) is 57.5 Å². The Kier molecular flexibility index (Phi) is 12.7. The van der Waals surface area contributed by atoms with Gasteiger partial charge in [-0.05, 0) is 32.1 Å². The second-order valence-electron chi connectivity index (χ2n) is 12.7. The Bertz CT molecular complexity index is 870. The Morgan fingerprint density at radius 2 is 1.27 bits per heavy atom. The van der Waals surface area contributed by atoms with Crippen LogP contribution >= 0.6 is 0 Å². The summed E-state index contributed by atoms with van der Waals surface area (Å²) in [6.07, 6.45) is -2.11. The van der Waals surface area contributed by atoms with E-state index in [9.17, 15) is 20.4 Å². The second kappa shape index (κ2) is 16.7. The van der Waals surface area contributed by atoms with Crippen LogP contribution in [0.25, 0.3) is 0 Å². The molecule has 0 aromatic rings. The Morgan fingerprint density at radius 3 is 1.93 bits per heavy atom. The van der Waals surface area contributed by atoms with Crippen molar-refractivity contribution in [3.05, 3.63) is 0 Å². The molecule has 15 heteroatoms. The highest BCUT2D eigenvalue weighted by molar-refractivity contribution is 4.88. The largest absolute Gasteiger partial charge is 0.394 e. The molecule has 0 spiro atoms. The molecule has 6 fully saturated rings. The lowest BCUT2D eigenvalue weighted by atomic mass is 10.0. The molecule has 14 atom stereocenters. The van der Waals surface area contributed by atoms with Gasteiger partial charge in [0.15, 0.2) is 31.5 Å². The van der Waals surface area contributed by atoms with Gasteiger partial charge in [0.1, 0.15) is 24.4 Å². The van der Waals surface area contributed by atoms with Crippen molar-refractivity contribution in [1.29, 1.82) is 0 Å². The van der Waals surface area contributed by atoms with Crippen LogP contribution in [-0.4, -0.2) is 153 Å². The van der Waals surface area contributed by atoms with E-state index in [0.717, 1.165) is 12.8 Å². The zero-order valence-electron chi connectivity index (χ0n) is 25.7. The summed E-state index contributed by atoms with van der Waals surface area (Å²) in [5, 5.41) is 40.5. The molecule has 4 N–H and O–H groups in total. The lowest BCUT2D eigenvalue weighted by molar-refractivity contribution is -0.339. The maximum Gasteiger partial charge on any atom is 0.186 e. The van der Waals surface area contributed by atoms with Gasteiger partial charge in [0.2, 0.25) is 0 Å². The van der Waals surface area contributed by atoms with E-state index in [2.05, 4.69) is 0 Å². The van der Waals surface area contributed by atoms with E-state index in [4.69, 9.17) is 52.1 Å². The predicted molar refractivity (Wildman–Crippen MR) is 149 cm³/mol. The summed E-state index contributed by atoms with van der Waals surface area (Å²) in [6.45, 7) is 1.47. The Balaban J connectivity index is 0.975. The van der Waals surface area contributed by atoms with Crippen LogP contribution < -0.4 is 0 Å². The highest BCUT2D eigenvalue weighted by Crippen LogP contribution is 2.32. The number of hydrogen-bond acceptors (Lipinski definition) is 15. The molecule has 0 aliphatic carbocycles. The maximum atomic E-state index is 11.3. The van der Waals surface area contributed by atoms with Crippen LogP contribution in [0.5, 0.6) is 0 Å². The van der Waals surface area contributed by atoms with Gasteiger partial charge in [0.25, 0.3) is 0 Å². The van der Waals surface area contributed by atoms with Gasteiger partial charge < -0.3 is 72.5 Å². The Labute approximate surface area is 263 Å². The first-order chi connectivity index (χ1) is 22.0. The number of rotatable bonds is 12. The van der Waals surface area contributed by atoms with Gasteiger partial charge in [-0.1, -0.05) is 0 Å². The predicted octanol–water partition coefficient (Wildman–Crippen LogP) is -0.321. The lowest BCUT2D eigenvalue weighted by Gasteiger charge is -2.43. The van der Waals surface area contributed by atoms with Crippen molar-refractivity contribution in [2.24, 2.45) is 0 Å². The molecule has 6 heterocycles. The van der Waals surface area contributed by atoms with Gasteiger partial charge in [0.05, 0.1) is 70.2 Å². The van der Waals surface area contributed by atoms with E-state index >= 15 is 0 Å². The zero-order valence-corrected chi connectivity index (χ0v) is 25.7. The fourth-order valence-electron chi connectivity index (χ4n) is 6.65. The van der Waals surface area contributed by atoms with Gasteiger partial charge in [0, 0.05) is 32.3 Å². The smallest absolute Gasteiger partial charge is 0.186 e. The summed E-state index contributed by atoms with van der Waals surface area (Å²) in [5.74, 6) is 0. The summed E-state index contributed by atoms with van der Waals surface area (Å²) in [4.78, 5) is 0. The van der Waals surface area contributed by atoms with E-state index in [0.29, 0.717) is 58.2 Å². The quantitative estimate of drug-likeness (QED) is 0.215. The van der Waals surface area contributed by atoms with Gasteiger partial charge in [-0.15, -0.1) is 0 Å². The van der Waals surface area contributed by atoms with Gasteiger partial charge in [-0.3, -0.25) is 0 Å². The third-order valence-corrected chi connectivity index (χ3v) is 9.20. The van der Waals surface area contributed by atoms with Crippen molar-refractivity contribution in [3.63, 3.8) is 0 Å². The van der Waals surface area contributed by atoms with Crippen LogP contribution in [0.15, 0.2) is 0 Å². The summed E-state index contributed by atoms with van der Waals surface area (Å²) < 4.78 is 65.3. The van der Waals surface area contributed by atoms with Crippen molar-refractivity contribution in [2.45, 2.75) is 144 Å². The molecule has 6 aliphatic heterocycles. The van der Waals surface area contributed by atoms with Crippen molar-refractivity contribution in [3.8, 4) is 0 Å². The average Bonchev–Trinajstić information content (AvgIpc) is 3.72. The van der Waals surface area contributed by atoms with Crippen molar-refractivity contribution in [1.82, 2.24) is 0 Å². The molecular formula is C30H50O15. The van der Waals surface area contributed by atoms with Crippen LogP contribution in [0.3, 0.4) is 0 Å². The van der Waals surface area contributed by atoms with Crippen LogP contribution in [0, 0.1) is 0 Å². The molecule has 260 valence electrons. The summed E-state index contributed by atoms with van der Waals surface area (Å²) in [6, 6.07) is 0. The van der Waals surface area contributed by atoms with Crippen LogP contribution in [0.2, 0.25) is 0 Å². The van der Waals surface area contributed by atoms with E-state index in [1.165, 1.54) is 0 Å². The zero-order chi connectivity index (χ0) is 31.2. The molecule has 0 aromatic carbocycles. The number of hydrogen-bond donors (Lipinski definition) is 4. The first-order valence-corrected chi connectivity index (χ1v) is 16.6. The summed E-state index contributed by atoms with van der Waals surface area (Å²) in [7, 11) is 0. The van der Waals surface area contributed by atoms with Crippen LogP contribution in [0.4, 0.5) is 0 Å². The van der Waals surface area contributed by atoms with Gasteiger partial charge >= 0.3 is 0 Å². The second-order valence-corrected chi connectivity index (χ2v) is 12.7. The molecule has 0 radical (unpaired) electrons. The highest BCUT2D eigenvalue weighted by Gasteiger charge is 2.46. The average molecular weight is 651 g/mol. The fourth-order valence-corrected chi connectivity index (χ4v) is 6.65. The first-order valence-electron chi connectivity index (χ1n) is 16.6. The molecule has 45 heavy (non-hydrogen) atoms. The normalized spacial score (nSPS) is 46.4. The highest BCUT2D eigenvalue weighted by atomic mass is 16.8. The van der Waals surface area contributed by atoms with Gasteiger partial charge in [-0.2, -0.15) is 0 Å². The van der Waals surface area contributed by atoms with E-state index in [1.54, 1.807) is 0 Å². The molecule has 14 unspecified atom stereocenters. The minimum absolute atomic E-state index is 0.0540. The number of aliphatic hydroxyl groups excluding tert-OH is 4. The van der Waals surface area contributed by atoms with Crippen molar-refractivity contribution >= 4 is 0 Å². The van der Waals surface area contributed by atoms with Gasteiger partial charge in [-0.25, -0.2) is 0 Å². The minimum atomic E-state index is -1.14. The van der Waals surface area contributed by atoms with Crippen molar-refractivity contribution < 1.29 is 72.5 Å². The van der Waals surface area contributed by atoms with Crippen molar-refractivity contribution in [2.75, 3.05) is 46.2 Å². The molecule has 0 saturated carbocycles. The van der Waals surface area contributed by atoms with E-state index < -0.39 is 62.0 Å². The fraction of sp³-hybridized carbons (Fsp3) is 1.00.